The maximum Gasteiger partial charge on any atom is 0.257 e. The van der Waals surface area contributed by atoms with Gasteiger partial charge in [0.2, 0.25) is 11.0 Å². The standard InChI is InChI=1S/C21H20N4O3S2/c1-12-8-13(2)10-16(9-12)19(28)23-20-24-25-21(30-20)29-11-18(27)22-17-6-4-15(5-7-17)14(3)26/h4-10H,11H2,1-3H3,(H,22,27)(H,23,24,28). The molecule has 0 atom stereocenters. The lowest BCUT2D eigenvalue weighted by Gasteiger charge is -2.05. The second-order valence-electron chi connectivity index (χ2n) is 6.67. The Kier molecular flexibility index (Phi) is 6.96. The lowest BCUT2D eigenvalue weighted by Crippen LogP contribution is -2.14. The minimum Gasteiger partial charge on any atom is -0.325 e. The highest BCUT2D eigenvalue weighted by molar-refractivity contribution is 8.01. The number of Topliss-reactive ketones (excluding diaryl/α,β-unsaturated/α-hetero) is 1. The summed E-state index contributed by atoms with van der Waals surface area (Å²) in [5, 5.41) is 13.9. The van der Waals surface area contributed by atoms with Crippen molar-refractivity contribution in [2.45, 2.75) is 25.1 Å². The number of aromatic nitrogens is 2. The van der Waals surface area contributed by atoms with E-state index in [9.17, 15) is 14.4 Å². The summed E-state index contributed by atoms with van der Waals surface area (Å²) in [5.74, 6) is -0.332. The quantitative estimate of drug-likeness (QED) is 0.322. The Balaban J connectivity index is 1.52. The number of carbonyl (C=O) groups is 3. The number of thioether (sulfide) groups is 1. The molecule has 1 aromatic heterocycles. The Morgan fingerprint density at radius 1 is 0.933 bits per heavy atom. The molecule has 30 heavy (non-hydrogen) atoms. The molecule has 2 N–H and O–H groups in total. The van der Waals surface area contributed by atoms with E-state index in [2.05, 4.69) is 20.8 Å². The van der Waals surface area contributed by atoms with Gasteiger partial charge in [-0.1, -0.05) is 40.3 Å². The van der Waals surface area contributed by atoms with E-state index in [0.717, 1.165) is 11.1 Å². The van der Waals surface area contributed by atoms with Crippen LogP contribution in [-0.4, -0.2) is 33.5 Å². The summed E-state index contributed by atoms with van der Waals surface area (Å²) in [6.45, 7) is 5.36. The average Bonchev–Trinajstić information content (AvgIpc) is 3.13. The number of rotatable bonds is 7. The largest absolute Gasteiger partial charge is 0.325 e. The third kappa shape index (κ3) is 5.98. The van der Waals surface area contributed by atoms with Crippen molar-refractivity contribution < 1.29 is 14.4 Å². The van der Waals surface area contributed by atoms with E-state index in [0.29, 0.717) is 26.3 Å². The Morgan fingerprint density at radius 3 is 2.23 bits per heavy atom. The predicted molar refractivity (Wildman–Crippen MR) is 120 cm³/mol. The molecule has 7 nitrogen and oxygen atoms in total. The summed E-state index contributed by atoms with van der Waals surface area (Å²) in [6.07, 6.45) is 0. The Bertz CT molecular complexity index is 1070. The summed E-state index contributed by atoms with van der Waals surface area (Å²) in [6, 6.07) is 12.3. The van der Waals surface area contributed by atoms with Crippen molar-refractivity contribution >= 4 is 51.5 Å². The zero-order valence-electron chi connectivity index (χ0n) is 16.7. The third-order valence-electron chi connectivity index (χ3n) is 4.01. The molecule has 3 rings (SSSR count). The molecule has 1 heterocycles. The van der Waals surface area contributed by atoms with Crippen molar-refractivity contribution in [2.75, 3.05) is 16.4 Å². The van der Waals surface area contributed by atoms with Gasteiger partial charge in [-0.25, -0.2) is 0 Å². The highest BCUT2D eigenvalue weighted by Crippen LogP contribution is 2.26. The van der Waals surface area contributed by atoms with E-state index in [1.807, 2.05) is 32.0 Å². The second kappa shape index (κ2) is 9.64. The summed E-state index contributed by atoms with van der Waals surface area (Å²) >= 11 is 2.44. The molecular weight excluding hydrogens is 420 g/mol. The maximum atomic E-state index is 12.4. The summed E-state index contributed by atoms with van der Waals surface area (Å²) in [7, 11) is 0. The molecule has 3 aromatic rings. The molecule has 0 aliphatic heterocycles. The van der Waals surface area contributed by atoms with Crippen LogP contribution in [0.15, 0.2) is 46.8 Å². The van der Waals surface area contributed by atoms with Gasteiger partial charge in [0.25, 0.3) is 5.91 Å². The van der Waals surface area contributed by atoms with Crippen LogP contribution >= 0.6 is 23.1 Å². The Hall–Kier alpha value is -3.04. The zero-order chi connectivity index (χ0) is 21.7. The fraction of sp³-hybridized carbons (Fsp3) is 0.190. The summed E-state index contributed by atoms with van der Waals surface area (Å²) in [5.41, 5.74) is 3.79. The topological polar surface area (TPSA) is 101 Å². The molecule has 0 saturated heterocycles. The zero-order valence-corrected chi connectivity index (χ0v) is 18.3. The molecule has 9 heteroatoms. The van der Waals surface area contributed by atoms with Crippen molar-refractivity contribution in [1.29, 1.82) is 0 Å². The first-order valence-electron chi connectivity index (χ1n) is 9.07. The summed E-state index contributed by atoms with van der Waals surface area (Å²) < 4.78 is 0.577. The molecular formula is C21H20N4O3S2. The van der Waals surface area contributed by atoms with E-state index in [-0.39, 0.29) is 23.4 Å². The van der Waals surface area contributed by atoms with Gasteiger partial charge in [0.1, 0.15) is 0 Å². The van der Waals surface area contributed by atoms with Crippen LogP contribution < -0.4 is 10.6 Å². The maximum absolute atomic E-state index is 12.4. The number of benzene rings is 2. The minimum atomic E-state index is -0.249. The lowest BCUT2D eigenvalue weighted by atomic mass is 10.1. The van der Waals surface area contributed by atoms with Gasteiger partial charge in [-0.15, -0.1) is 10.2 Å². The monoisotopic (exact) mass is 440 g/mol. The van der Waals surface area contributed by atoms with E-state index >= 15 is 0 Å². The first-order valence-corrected chi connectivity index (χ1v) is 10.9. The molecule has 0 spiro atoms. The smallest absolute Gasteiger partial charge is 0.257 e. The first-order chi connectivity index (χ1) is 14.3. The van der Waals surface area contributed by atoms with Crippen LogP contribution in [0.1, 0.15) is 38.8 Å². The molecule has 2 amide bonds. The predicted octanol–water partition coefficient (Wildman–Crippen LogP) is 4.34. The number of amides is 2. The summed E-state index contributed by atoms with van der Waals surface area (Å²) in [4.78, 5) is 35.8. The van der Waals surface area contributed by atoms with Crippen molar-refractivity contribution in [3.05, 3.63) is 64.7 Å². The van der Waals surface area contributed by atoms with Gasteiger partial charge in [0, 0.05) is 16.8 Å². The van der Waals surface area contributed by atoms with Crippen LogP contribution in [0.3, 0.4) is 0 Å². The van der Waals surface area contributed by atoms with Gasteiger partial charge >= 0.3 is 0 Å². The Labute approximate surface area is 182 Å². The van der Waals surface area contributed by atoms with Gasteiger partial charge < -0.3 is 5.32 Å². The van der Waals surface area contributed by atoms with Gasteiger partial charge in [-0.2, -0.15) is 0 Å². The fourth-order valence-electron chi connectivity index (χ4n) is 2.71. The van der Waals surface area contributed by atoms with Crippen molar-refractivity contribution in [3.8, 4) is 0 Å². The molecule has 2 aromatic carbocycles. The van der Waals surface area contributed by atoms with Crippen molar-refractivity contribution in [2.24, 2.45) is 0 Å². The number of ketones is 1. The van der Waals surface area contributed by atoms with Crippen LogP contribution in [0.2, 0.25) is 0 Å². The number of anilines is 2. The Morgan fingerprint density at radius 2 is 1.60 bits per heavy atom. The third-order valence-corrected chi connectivity index (χ3v) is 5.98. The highest BCUT2D eigenvalue weighted by atomic mass is 32.2. The molecule has 0 unspecified atom stereocenters. The van der Waals surface area contributed by atoms with E-state index in [4.69, 9.17) is 0 Å². The minimum absolute atomic E-state index is 0.0277. The SMILES string of the molecule is CC(=O)c1ccc(NC(=O)CSc2nnc(NC(=O)c3cc(C)cc(C)c3)s2)cc1. The van der Waals surface area contributed by atoms with Crippen LogP contribution in [0, 0.1) is 13.8 Å². The molecule has 0 fully saturated rings. The number of hydrogen-bond donors (Lipinski definition) is 2. The van der Waals surface area contributed by atoms with Gasteiger partial charge in [0.15, 0.2) is 10.1 Å². The molecule has 0 radical (unpaired) electrons. The number of nitrogens with zero attached hydrogens (tertiary/aromatic N) is 2. The van der Waals surface area contributed by atoms with E-state index < -0.39 is 0 Å². The van der Waals surface area contributed by atoms with E-state index in [1.54, 1.807) is 24.3 Å². The number of nitrogens with one attached hydrogen (secondary N) is 2. The van der Waals surface area contributed by atoms with Gasteiger partial charge in [-0.3, -0.25) is 19.7 Å². The normalized spacial score (nSPS) is 10.5. The van der Waals surface area contributed by atoms with Crippen molar-refractivity contribution in [3.63, 3.8) is 0 Å². The van der Waals surface area contributed by atoms with Crippen molar-refractivity contribution in [1.82, 2.24) is 10.2 Å². The van der Waals surface area contributed by atoms with Gasteiger partial charge in [-0.05, 0) is 57.2 Å². The van der Waals surface area contributed by atoms with Crippen LogP contribution in [0.5, 0.6) is 0 Å². The fourth-order valence-corrected chi connectivity index (χ4v) is 4.25. The number of carbonyl (C=O) groups excluding carboxylic acids is 3. The number of hydrogen-bond acceptors (Lipinski definition) is 7. The van der Waals surface area contributed by atoms with E-state index in [1.165, 1.54) is 30.0 Å². The molecule has 0 aliphatic carbocycles. The second-order valence-corrected chi connectivity index (χ2v) is 8.87. The first kappa shape index (κ1) is 21.7. The average molecular weight is 441 g/mol. The highest BCUT2D eigenvalue weighted by Gasteiger charge is 2.13. The molecule has 0 aliphatic rings. The van der Waals surface area contributed by atoms with Crippen LogP contribution in [-0.2, 0) is 4.79 Å². The molecule has 0 bridgehead atoms. The van der Waals surface area contributed by atoms with Crippen LogP contribution in [0.25, 0.3) is 0 Å². The molecule has 154 valence electrons. The van der Waals surface area contributed by atoms with Crippen LogP contribution in [0.4, 0.5) is 10.8 Å². The lowest BCUT2D eigenvalue weighted by molar-refractivity contribution is -0.113. The van der Waals surface area contributed by atoms with Gasteiger partial charge in [0.05, 0.1) is 5.75 Å². The number of aryl methyl sites for hydroxylation is 2. The molecule has 0 saturated carbocycles.